The quantitative estimate of drug-likeness (QED) is 0.566. The lowest BCUT2D eigenvalue weighted by Crippen LogP contribution is -2.33. The summed E-state index contributed by atoms with van der Waals surface area (Å²) < 4.78 is 7.11. The van der Waals surface area contributed by atoms with Crippen LogP contribution in [0.1, 0.15) is 56.1 Å². The fourth-order valence-corrected chi connectivity index (χ4v) is 5.68. The number of hydrogen-bond donors (Lipinski definition) is 2. The van der Waals surface area contributed by atoms with Gasteiger partial charge in [-0.2, -0.15) is 5.10 Å². The van der Waals surface area contributed by atoms with Crippen LogP contribution in [-0.4, -0.2) is 40.9 Å². The molecule has 2 aromatic heterocycles. The van der Waals surface area contributed by atoms with E-state index < -0.39 is 11.3 Å². The van der Waals surface area contributed by atoms with Gasteiger partial charge in [0.25, 0.3) is 11.8 Å². The number of benzene rings is 1. The minimum Gasteiger partial charge on any atom is -0.376 e. The molecular formula is C25H26N4O4S. The van der Waals surface area contributed by atoms with Gasteiger partial charge in [-0.3, -0.25) is 14.4 Å². The number of rotatable bonds is 6. The standard InChI is InChI=1S/C25H26N4O4S/c1-15-7-9-16(10-8-15)29-12-11-19(30)22(28-29)24(32)27-25-21(18-5-2-6-20(18)34-25)23(31)26-14-17-4-3-13-33-17/h7-12,17H,2-6,13-14H2,1H3,(H,26,31)(H,27,32)/t17-/m1/s1. The van der Waals surface area contributed by atoms with Gasteiger partial charge in [-0.1, -0.05) is 17.7 Å². The number of hydrogen-bond acceptors (Lipinski definition) is 6. The van der Waals surface area contributed by atoms with Crippen molar-refractivity contribution in [1.29, 1.82) is 0 Å². The topological polar surface area (TPSA) is 102 Å². The molecule has 3 heterocycles. The Balaban J connectivity index is 1.39. The number of thiophene rings is 1. The van der Waals surface area contributed by atoms with Crippen LogP contribution in [0.4, 0.5) is 5.00 Å². The third-order valence-electron chi connectivity index (χ3n) is 6.21. The predicted octanol–water partition coefficient (Wildman–Crippen LogP) is 3.25. The molecule has 1 aromatic carbocycles. The van der Waals surface area contributed by atoms with Gasteiger partial charge in [0.2, 0.25) is 5.43 Å². The number of nitrogens with zero attached hydrogens (tertiary/aromatic N) is 2. The van der Waals surface area contributed by atoms with Crippen LogP contribution in [0.2, 0.25) is 0 Å². The Morgan fingerprint density at radius 1 is 1.15 bits per heavy atom. The Hall–Kier alpha value is -3.30. The van der Waals surface area contributed by atoms with Crippen LogP contribution in [0.3, 0.4) is 0 Å². The highest BCUT2D eigenvalue weighted by Crippen LogP contribution is 2.39. The van der Waals surface area contributed by atoms with Crippen molar-refractivity contribution in [2.24, 2.45) is 0 Å². The van der Waals surface area contributed by atoms with E-state index in [0.29, 0.717) is 17.1 Å². The fraction of sp³-hybridized carbons (Fsp3) is 0.360. The van der Waals surface area contributed by atoms with Crippen molar-refractivity contribution in [1.82, 2.24) is 15.1 Å². The van der Waals surface area contributed by atoms with Gasteiger partial charge < -0.3 is 15.4 Å². The maximum Gasteiger partial charge on any atom is 0.280 e. The van der Waals surface area contributed by atoms with Gasteiger partial charge in [0.1, 0.15) is 5.00 Å². The minimum absolute atomic E-state index is 0.0300. The second-order valence-electron chi connectivity index (χ2n) is 8.67. The van der Waals surface area contributed by atoms with Gasteiger partial charge in [-0.25, -0.2) is 4.68 Å². The number of fused-ring (bicyclic) bond motifs is 1. The number of nitrogens with one attached hydrogen (secondary N) is 2. The molecule has 1 atom stereocenters. The van der Waals surface area contributed by atoms with E-state index in [-0.39, 0.29) is 17.7 Å². The average molecular weight is 479 g/mol. The predicted molar refractivity (Wildman–Crippen MR) is 130 cm³/mol. The molecule has 176 valence electrons. The third kappa shape index (κ3) is 4.53. The summed E-state index contributed by atoms with van der Waals surface area (Å²) in [5, 5.41) is 10.5. The van der Waals surface area contributed by atoms with Gasteiger partial charge >= 0.3 is 0 Å². The Labute approximate surface area is 201 Å². The van der Waals surface area contributed by atoms with Gasteiger partial charge in [-0.05, 0) is 56.7 Å². The van der Waals surface area contributed by atoms with Gasteiger partial charge in [0, 0.05) is 30.3 Å². The summed E-state index contributed by atoms with van der Waals surface area (Å²) in [6.45, 7) is 3.15. The molecule has 1 aliphatic carbocycles. The molecule has 8 nitrogen and oxygen atoms in total. The molecule has 5 rings (SSSR count). The van der Waals surface area contributed by atoms with Crippen LogP contribution in [0.15, 0.2) is 41.3 Å². The van der Waals surface area contributed by atoms with E-state index in [0.717, 1.165) is 60.4 Å². The normalized spacial score (nSPS) is 16.9. The molecule has 2 N–H and O–H groups in total. The molecule has 1 saturated heterocycles. The Morgan fingerprint density at radius 3 is 2.74 bits per heavy atom. The van der Waals surface area contributed by atoms with E-state index >= 15 is 0 Å². The molecule has 0 bridgehead atoms. The summed E-state index contributed by atoms with van der Waals surface area (Å²) >= 11 is 1.41. The summed E-state index contributed by atoms with van der Waals surface area (Å²) in [5.41, 5.74) is 2.63. The zero-order valence-corrected chi connectivity index (χ0v) is 19.7. The van der Waals surface area contributed by atoms with Crippen LogP contribution in [0.25, 0.3) is 5.69 Å². The van der Waals surface area contributed by atoms with E-state index in [9.17, 15) is 14.4 Å². The number of carbonyl (C=O) groups is 2. The summed E-state index contributed by atoms with van der Waals surface area (Å²) in [6.07, 6.45) is 6.16. The molecule has 0 saturated carbocycles. The Kier molecular flexibility index (Phi) is 6.30. The Bertz CT molecular complexity index is 1290. The van der Waals surface area contributed by atoms with Crippen molar-refractivity contribution in [2.75, 3.05) is 18.5 Å². The second-order valence-corrected chi connectivity index (χ2v) is 9.77. The smallest absolute Gasteiger partial charge is 0.280 e. The van der Waals surface area contributed by atoms with Crippen molar-refractivity contribution < 1.29 is 14.3 Å². The molecule has 9 heteroatoms. The number of amides is 2. The van der Waals surface area contributed by atoms with E-state index in [4.69, 9.17) is 4.74 Å². The molecule has 2 amide bonds. The summed E-state index contributed by atoms with van der Waals surface area (Å²) in [5.74, 6) is -0.845. The highest BCUT2D eigenvalue weighted by atomic mass is 32.1. The summed E-state index contributed by atoms with van der Waals surface area (Å²) in [6, 6.07) is 8.93. The molecule has 34 heavy (non-hydrogen) atoms. The first kappa shape index (κ1) is 22.5. The highest BCUT2D eigenvalue weighted by molar-refractivity contribution is 7.17. The maximum atomic E-state index is 13.1. The van der Waals surface area contributed by atoms with Crippen LogP contribution in [0.5, 0.6) is 0 Å². The molecular weight excluding hydrogens is 452 g/mol. The monoisotopic (exact) mass is 478 g/mol. The first-order valence-corrected chi connectivity index (χ1v) is 12.3. The number of anilines is 1. The zero-order chi connectivity index (χ0) is 23.7. The average Bonchev–Trinajstić information content (AvgIpc) is 3.56. The molecule has 0 unspecified atom stereocenters. The molecule has 1 fully saturated rings. The van der Waals surface area contributed by atoms with Crippen LogP contribution in [-0.2, 0) is 17.6 Å². The van der Waals surface area contributed by atoms with Crippen molar-refractivity contribution in [3.8, 4) is 5.69 Å². The van der Waals surface area contributed by atoms with Crippen molar-refractivity contribution in [3.63, 3.8) is 0 Å². The molecule has 0 radical (unpaired) electrons. The van der Waals surface area contributed by atoms with E-state index in [2.05, 4.69) is 15.7 Å². The SMILES string of the molecule is Cc1ccc(-n2ccc(=O)c(C(=O)Nc3sc4c(c3C(=O)NC[C@H]3CCCO3)CCC4)n2)cc1. The van der Waals surface area contributed by atoms with E-state index in [1.807, 2.05) is 31.2 Å². The van der Waals surface area contributed by atoms with E-state index in [1.54, 1.807) is 0 Å². The number of aryl methyl sites for hydroxylation is 2. The van der Waals surface area contributed by atoms with Gasteiger partial charge in [0.05, 0.1) is 17.4 Å². The zero-order valence-electron chi connectivity index (χ0n) is 18.9. The third-order valence-corrected chi connectivity index (χ3v) is 7.42. The lowest BCUT2D eigenvalue weighted by Gasteiger charge is -2.13. The summed E-state index contributed by atoms with van der Waals surface area (Å²) in [4.78, 5) is 39.8. The molecule has 1 aliphatic heterocycles. The lowest BCUT2D eigenvalue weighted by atomic mass is 10.1. The van der Waals surface area contributed by atoms with Crippen molar-refractivity contribution >= 4 is 28.2 Å². The maximum absolute atomic E-state index is 13.1. The van der Waals surface area contributed by atoms with E-state index in [1.165, 1.54) is 28.3 Å². The Morgan fingerprint density at radius 2 is 1.97 bits per heavy atom. The molecule has 3 aromatic rings. The van der Waals surface area contributed by atoms with Crippen LogP contribution >= 0.6 is 11.3 Å². The highest BCUT2D eigenvalue weighted by Gasteiger charge is 2.29. The molecule has 0 spiro atoms. The van der Waals surface area contributed by atoms with Gasteiger partial charge in [-0.15, -0.1) is 11.3 Å². The first-order valence-electron chi connectivity index (χ1n) is 11.5. The minimum atomic E-state index is -0.625. The fourth-order valence-electron chi connectivity index (χ4n) is 4.40. The second kappa shape index (κ2) is 9.52. The van der Waals surface area contributed by atoms with Crippen LogP contribution in [0, 0.1) is 6.92 Å². The lowest BCUT2D eigenvalue weighted by molar-refractivity contribution is 0.0858. The molecule has 2 aliphatic rings. The number of aromatic nitrogens is 2. The van der Waals surface area contributed by atoms with Gasteiger partial charge in [0.15, 0.2) is 5.69 Å². The largest absolute Gasteiger partial charge is 0.376 e. The number of ether oxygens (including phenoxy) is 1. The first-order chi connectivity index (χ1) is 16.5. The number of carbonyl (C=O) groups excluding carboxylic acids is 2. The van der Waals surface area contributed by atoms with Crippen LogP contribution < -0.4 is 16.1 Å². The summed E-state index contributed by atoms with van der Waals surface area (Å²) in [7, 11) is 0. The van der Waals surface area contributed by atoms with Crippen molar-refractivity contribution in [2.45, 2.75) is 45.1 Å². The van der Waals surface area contributed by atoms with Crippen molar-refractivity contribution in [3.05, 3.63) is 74.0 Å².